The number of para-hydroxylation sites is 2. The SMILES string of the molecule is CN(Cc1cnn(-c2ccccc2)c1)C(=O)[C@H]1CCCN(c2nc3ccccc3s2)C1. The van der Waals surface area contributed by atoms with Crippen LogP contribution in [0.4, 0.5) is 5.13 Å². The summed E-state index contributed by atoms with van der Waals surface area (Å²) in [5.41, 5.74) is 3.07. The second-order valence-corrected chi connectivity index (χ2v) is 9.08. The highest BCUT2D eigenvalue weighted by atomic mass is 32.1. The number of rotatable bonds is 5. The number of carbonyl (C=O) groups is 1. The first-order valence-corrected chi connectivity index (χ1v) is 11.4. The summed E-state index contributed by atoms with van der Waals surface area (Å²) in [7, 11) is 1.89. The van der Waals surface area contributed by atoms with E-state index in [1.165, 1.54) is 4.70 Å². The number of anilines is 1. The molecule has 0 aliphatic carbocycles. The minimum Gasteiger partial charge on any atom is -0.347 e. The molecule has 0 unspecified atom stereocenters. The van der Waals surface area contributed by atoms with E-state index >= 15 is 0 Å². The number of carbonyl (C=O) groups excluding carboxylic acids is 1. The molecule has 1 saturated heterocycles. The fourth-order valence-electron chi connectivity index (χ4n) is 4.17. The molecule has 2 aromatic heterocycles. The Morgan fingerprint density at radius 3 is 2.81 bits per heavy atom. The van der Waals surface area contributed by atoms with Crippen LogP contribution in [-0.2, 0) is 11.3 Å². The Kier molecular flexibility index (Phi) is 5.42. The Hall–Kier alpha value is -3.19. The molecule has 5 rings (SSSR count). The standard InChI is InChI=1S/C24H25N5OS/c1-27(15-18-14-25-29(16-18)20-9-3-2-4-10-20)23(30)19-8-7-13-28(17-19)24-26-21-11-5-6-12-22(21)31-24/h2-6,9-12,14,16,19H,7-8,13,15,17H2,1H3/t19-/m0/s1. The van der Waals surface area contributed by atoms with Crippen molar-refractivity contribution in [2.75, 3.05) is 25.0 Å². The maximum absolute atomic E-state index is 13.2. The molecular formula is C24H25N5OS. The molecule has 4 aromatic rings. The molecule has 0 radical (unpaired) electrons. The minimum atomic E-state index is -0.00469. The molecule has 0 spiro atoms. The van der Waals surface area contributed by atoms with Gasteiger partial charge in [0, 0.05) is 38.4 Å². The molecule has 7 heteroatoms. The van der Waals surface area contributed by atoms with Gasteiger partial charge in [0.05, 0.1) is 28.0 Å². The van der Waals surface area contributed by atoms with E-state index in [0.717, 1.165) is 47.8 Å². The molecule has 158 valence electrons. The van der Waals surface area contributed by atoms with Crippen molar-refractivity contribution in [1.29, 1.82) is 0 Å². The Bertz CT molecular complexity index is 1150. The number of piperidine rings is 1. The number of amides is 1. The lowest BCUT2D eigenvalue weighted by atomic mass is 9.97. The summed E-state index contributed by atoms with van der Waals surface area (Å²) < 4.78 is 3.04. The van der Waals surface area contributed by atoms with Crippen molar-refractivity contribution >= 4 is 32.6 Å². The van der Waals surface area contributed by atoms with Gasteiger partial charge in [-0.25, -0.2) is 9.67 Å². The largest absolute Gasteiger partial charge is 0.347 e. The van der Waals surface area contributed by atoms with Gasteiger partial charge in [-0.15, -0.1) is 0 Å². The summed E-state index contributed by atoms with van der Waals surface area (Å²) in [6, 6.07) is 18.2. The Morgan fingerprint density at radius 1 is 1.16 bits per heavy atom. The maximum Gasteiger partial charge on any atom is 0.227 e. The van der Waals surface area contributed by atoms with E-state index in [1.54, 1.807) is 11.3 Å². The van der Waals surface area contributed by atoms with Crippen LogP contribution in [0, 0.1) is 5.92 Å². The van der Waals surface area contributed by atoms with Gasteiger partial charge in [0.2, 0.25) is 5.91 Å². The Balaban J connectivity index is 1.24. The van der Waals surface area contributed by atoms with Gasteiger partial charge in [-0.1, -0.05) is 41.7 Å². The van der Waals surface area contributed by atoms with Crippen LogP contribution in [0.1, 0.15) is 18.4 Å². The van der Waals surface area contributed by atoms with E-state index in [-0.39, 0.29) is 11.8 Å². The molecule has 1 aliphatic heterocycles. The lowest BCUT2D eigenvalue weighted by Gasteiger charge is -2.33. The Morgan fingerprint density at radius 2 is 1.97 bits per heavy atom. The number of hydrogen-bond acceptors (Lipinski definition) is 5. The predicted octanol–water partition coefficient (Wildman–Crippen LogP) is 4.36. The van der Waals surface area contributed by atoms with Crippen molar-refractivity contribution in [2.24, 2.45) is 5.92 Å². The van der Waals surface area contributed by atoms with Crippen molar-refractivity contribution in [2.45, 2.75) is 19.4 Å². The first-order chi connectivity index (χ1) is 15.2. The van der Waals surface area contributed by atoms with Gasteiger partial charge in [0.1, 0.15) is 0 Å². The zero-order valence-corrected chi connectivity index (χ0v) is 18.3. The molecule has 0 saturated carbocycles. The maximum atomic E-state index is 13.2. The molecule has 1 aliphatic rings. The molecular weight excluding hydrogens is 406 g/mol. The van der Waals surface area contributed by atoms with Gasteiger partial charge in [-0.3, -0.25) is 4.79 Å². The first-order valence-electron chi connectivity index (χ1n) is 10.6. The van der Waals surface area contributed by atoms with E-state index in [9.17, 15) is 4.79 Å². The highest BCUT2D eigenvalue weighted by Gasteiger charge is 2.29. The van der Waals surface area contributed by atoms with Crippen LogP contribution >= 0.6 is 11.3 Å². The summed E-state index contributed by atoms with van der Waals surface area (Å²) in [6.07, 6.45) is 5.76. The molecule has 1 atom stereocenters. The molecule has 1 amide bonds. The second-order valence-electron chi connectivity index (χ2n) is 8.07. The quantitative estimate of drug-likeness (QED) is 0.471. The fraction of sp³-hybridized carbons (Fsp3) is 0.292. The van der Waals surface area contributed by atoms with E-state index < -0.39 is 0 Å². The zero-order valence-electron chi connectivity index (χ0n) is 17.5. The number of fused-ring (bicyclic) bond motifs is 1. The van der Waals surface area contributed by atoms with Gasteiger partial charge < -0.3 is 9.80 Å². The van der Waals surface area contributed by atoms with E-state index in [0.29, 0.717) is 6.54 Å². The fourth-order valence-corrected chi connectivity index (χ4v) is 5.18. The van der Waals surface area contributed by atoms with Crippen LogP contribution < -0.4 is 4.90 Å². The average molecular weight is 432 g/mol. The van der Waals surface area contributed by atoms with Crippen molar-refractivity contribution in [3.05, 3.63) is 72.6 Å². The average Bonchev–Trinajstić information content (AvgIpc) is 3.46. The summed E-state index contributed by atoms with van der Waals surface area (Å²) in [5, 5.41) is 5.47. The predicted molar refractivity (Wildman–Crippen MR) is 125 cm³/mol. The van der Waals surface area contributed by atoms with Gasteiger partial charge >= 0.3 is 0 Å². The van der Waals surface area contributed by atoms with Crippen LogP contribution in [0.5, 0.6) is 0 Å². The van der Waals surface area contributed by atoms with E-state index in [4.69, 9.17) is 4.98 Å². The monoisotopic (exact) mass is 431 g/mol. The number of aromatic nitrogens is 3. The highest BCUT2D eigenvalue weighted by molar-refractivity contribution is 7.22. The summed E-state index contributed by atoms with van der Waals surface area (Å²) in [5.74, 6) is 0.188. The van der Waals surface area contributed by atoms with Crippen molar-refractivity contribution in [3.63, 3.8) is 0 Å². The van der Waals surface area contributed by atoms with Crippen LogP contribution in [0.25, 0.3) is 15.9 Å². The van der Waals surface area contributed by atoms with Crippen LogP contribution in [0.2, 0.25) is 0 Å². The summed E-state index contributed by atoms with van der Waals surface area (Å²) in [4.78, 5) is 22.1. The lowest BCUT2D eigenvalue weighted by molar-refractivity contribution is -0.135. The third-order valence-electron chi connectivity index (χ3n) is 5.78. The topological polar surface area (TPSA) is 54.3 Å². The third kappa shape index (κ3) is 4.18. The molecule has 0 bridgehead atoms. The number of thiazole rings is 1. The first kappa shape index (κ1) is 19.8. The minimum absolute atomic E-state index is 0.00469. The molecule has 0 N–H and O–H groups in total. The van der Waals surface area contributed by atoms with Crippen molar-refractivity contribution in [3.8, 4) is 5.69 Å². The van der Waals surface area contributed by atoms with Crippen molar-refractivity contribution < 1.29 is 4.79 Å². The van der Waals surface area contributed by atoms with Gasteiger partial charge in [-0.2, -0.15) is 5.10 Å². The molecule has 1 fully saturated rings. The van der Waals surface area contributed by atoms with E-state index in [1.807, 2.05) is 77.6 Å². The molecule has 31 heavy (non-hydrogen) atoms. The normalized spacial score (nSPS) is 16.5. The zero-order chi connectivity index (χ0) is 21.2. The number of nitrogens with zero attached hydrogens (tertiary/aromatic N) is 5. The molecule has 3 heterocycles. The smallest absolute Gasteiger partial charge is 0.227 e. The Labute approximate surface area is 185 Å². The molecule has 2 aromatic carbocycles. The van der Waals surface area contributed by atoms with Crippen LogP contribution in [0.3, 0.4) is 0 Å². The summed E-state index contributed by atoms with van der Waals surface area (Å²) in [6.45, 7) is 2.24. The van der Waals surface area contributed by atoms with Gasteiger partial charge in [0.25, 0.3) is 0 Å². The van der Waals surface area contributed by atoms with Crippen LogP contribution in [-0.4, -0.2) is 45.7 Å². The van der Waals surface area contributed by atoms with Gasteiger partial charge in [0.15, 0.2) is 5.13 Å². The number of hydrogen-bond donors (Lipinski definition) is 0. The van der Waals surface area contributed by atoms with Gasteiger partial charge in [-0.05, 0) is 37.1 Å². The molecule has 6 nitrogen and oxygen atoms in total. The third-order valence-corrected chi connectivity index (χ3v) is 6.87. The van der Waals surface area contributed by atoms with Crippen LogP contribution in [0.15, 0.2) is 67.0 Å². The highest BCUT2D eigenvalue weighted by Crippen LogP contribution is 2.31. The second kappa shape index (κ2) is 8.51. The van der Waals surface area contributed by atoms with E-state index in [2.05, 4.69) is 16.1 Å². The lowest BCUT2D eigenvalue weighted by Crippen LogP contribution is -2.43. The summed E-state index contributed by atoms with van der Waals surface area (Å²) >= 11 is 1.71. The number of benzene rings is 2. The van der Waals surface area contributed by atoms with Crippen molar-refractivity contribution in [1.82, 2.24) is 19.7 Å².